The molecule has 0 amide bonds. The van der Waals surface area contributed by atoms with Gasteiger partial charge >= 0.3 is 0 Å². The van der Waals surface area contributed by atoms with Crippen LogP contribution in [-0.2, 0) is 0 Å². The van der Waals surface area contributed by atoms with Gasteiger partial charge in [-0.25, -0.2) is 4.39 Å². The maximum atomic E-state index is 14.1. The van der Waals surface area contributed by atoms with Gasteiger partial charge in [0.25, 0.3) is 0 Å². The number of hydrogen-bond acceptors (Lipinski definition) is 1. The lowest BCUT2D eigenvalue weighted by atomic mass is 10.0. The minimum absolute atomic E-state index is 0.248. The van der Waals surface area contributed by atoms with Gasteiger partial charge in [-0.05, 0) is 41.8 Å². The number of benzene rings is 2. The van der Waals surface area contributed by atoms with E-state index in [4.69, 9.17) is 16.3 Å². The third kappa shape index (κ3) is 3.20. The topological polar surface area (TPSA) is 9.23 Å². The van der Waals surface area contributed by atoms with E-state index in [1.54, 1.807) is 12.1 Å². The molecule has 0 saturated carbocycles. The molecule has 0 aliphatic heterocycles. The number of alkyl halides is 1. The van der Waals surface area contributed by atoms with Crippen LogP contribution < -0.4 is 4.74 Å². The number of rotatable bonds is 4. The van der Waals surface area contributed by atoms with Crippen LogP contribution in [0.5, 0.6) is 5.75 Å². The number of hydrogen-bond donors (Lipinski definition) is 0. The minimum atomic E-state index is -0.329. The summed E-state index contributed by atoms with van der Waals surface area (Å²) in [6, 6.07) is 12.7. The molecule has 1 nitrogen and oxygen atoms in total. The van der Waals surface area contributed by atoms with Gasteiger partial charge in [0.1, 0.15) is 11.6 Å². The zero-order valence-corrected chi connectivity index (χ0v) is 12.2. The molecule has 0 radical (unpaired) electrons. The van der Waals surface area contributed by atoms with Crippen molar-refractivity contribution in [2.45, 2.75) is 6.92 Å². The smallest absolute Gasteiger partial charge is 0.134 e. The predicted molar refractivity (Wildman–Crippen MR) is 82.7 cm³/mol. The maximum absolute atomic E-state index is 14.1. The lowest BCUT2D eigenvalue weighted by Crippen LogP contribution is -1.94. The molecule has 0 atom stereocenters. The molecular formula is C17H16ClFO. The first-order valence-corrected chi connectivity index (χ1v) is 6.85. The molecule has 0 spiro atoms. The monoisotopic (exact) mass is 290 g/mol. The molecule has 0 unspecified atom stereocenters. The summed E-state index contributed by atoms with van der Waals surface area (Å²) in [5.41, 5.74) is 3.42. The Morgan fingerprint density at radius 3 is 2.60 bits per heavy atom. The molecule has 3 heteroatoms. The average Bonchev–Trinajstić information content (AvgIpc) is 2.47. The highest BCUT2D eigenvalue weighted by Crippen LogP contribution is 2.26. The van der Waals surface area contributed by atoms with Crippen molar-refractivity contribution < 1.29 is 9.13 Å². The van der Waals surface area contributed by atoms with Gasteiger partial charge < -0.3 is 4.74 Å². The van der Waals surface area contributed by atoms with E-state index < -0.39 is 0 Å². The zero-order valence-electron chi connectivity index (χ0n) is 11.5. The van der Waals surface area contributed by atoms with Crippen molar-refractivity contribution in [3.63, 3.8) is 0 Å². The Kier molecular flexibility index (Phi) is 4.80. The van der Waals surface area contributed by atoms with Crippen molar-refractivity contribution in [2.75, 3.05) is 13.0 Å². The van der Waals surface area contributed by atoms with Crippen LogP contribution in [0.1, 0.15) is 16.7 Å². The van der Waals surface area contributed by atoms with Crippen LogP contribution in [0.25, 0.3) is 11.6 Å². The number of methoxy groups -OCH3 is 1. The molecule has 0 N–H and O–H groups in total. The van der Waals surface area contributed by atoms with E-state index in [1.165, 1.54) is 13.2 Å². The molecule has 0 aromatic heterocycles. The van der Waals surface area contributed by atoms with E-state index in [2.05, 4.69) is 0 Å². The van der Waals surface area contributed by atoms with Crippen LogP contribution in [-0.4, -0.2) is 13.0 Å². The highest BCUT2D eigenvalue weighted by molar-refractivity contribution is 6.24. The Bertz CT molecular complexity index is 635. The molecule has 0 fully saturated rings. The SMILES string of the molecule is COc1ccc(C(=Cc2ccccc2C)CCl)c(F)c1. The van der Waals surface area contributed by atoms with Crippen LogP contribution in [0.4, 0.5) is 4.39 Å². The van der Waals surface area contributed by atoms with E-state index in [9.17, 15) is 4.39 Å². The molecule has 0 bridgehead atoms. The van der Waals surface area contributed by atoms with E-state index in [0.717, 1.165) is 16.7 Å². The second kappa shape index (κ2) is 6.58. The summed E-state index contributed by atoms with van der Waals surface area (Å²) < 4.78 is 19.1. The fourth-order valence-corrected chi connectivity index (χ4v) is 2.23. The molecule has 104 valence electrons. The first kappa shape index (κ1) is 14.6. The number of allylic oxidation sites excluding steroid dienone is 1. The number of aryl methyl sites for hydroxylation is 1. The molecule has 2 aromatic rings. The third-order valence-corrected chi connectivity index (χ3v) is 3.47. The maximum Gasteiger partial charge on any atom is 0.134 e. The van der Waals surface area contributed by atoms with Crippen LogP contribution in [0.3, 0.4) is 0 Å². The van der Waals surface area contributed by atoms with Crippen molar-refractivity contribution in [1.29, 1.82) is 0 Å². The minimum Gasteiger partial charge on any atom is -0.497 e. The highest BCUT2D eigenvalue weighted by atomic mass is 35.5. The van der Waals surface area contributed by atoms with Crippen molar-refractivity contribution >= 4 is 23.3 Å². The number of ether oxygens (including phenoxy) is 1. The molecule has 0 aliphatic rings. The first-order chi connectivity index (χ1) is 9.65. The van der Waals surface area contributed by atoms with Gasteiger partial charge in [0, 0.05) is 17.5 Å². The zero-order chi connectivity index (χ0) is 14.5. The van der Waals surface area contributed by atoms with Crippen molar-refractivity contribution in [3.05, 3.63) is 65.0 Å². The summed E-state index contributed by atoms with van der Waals surface area (Å²) in [5, 5.41) is 0. The lowest BCUT2D eigenvalue weighted by molar-refractivity contribution is 0.411. The fraction of sp³-hybridized carbons (Fsp3) is 0.176. The van der Waals surface area contributed by atoms with Gasteiger partial charge in [-0.2, -0.15) is 0 Å². The molecule has 20 heavy (non-hydrogen) atoms. The average molecular weight is 291 g/mol. The molecule has 2 rings (SSSR count). The summed E-state index contributed by atoms with van der Waals surface area (Å²) in [6.07, 6.45) is 1.92. The quantitative estimate of drug-likeness (QED) is 0.573. The summed E-state index contributed by atoms with van der Waals surface area (Å²) in [4.78, 5) is 0. The molecule has 0 saturated heterocycles. The Balaban J connectivity index is 2.45. The van der Waals surface area contributed by atoms with E-state index in [0.29, 0.717) is 11.3 Å². The van der Waals surface area contributed by atoms with Gasteiger partial charge in [0.15, 0.2) is 0 Å². The van der Waals surface area contributed by atoms with E-state index in [-0.39, 0.29) is 11.7 Å². The Labute approximate surface area is 123 Å². The highest BCUT2D eigenvalue weighted by Gasteiger charge is 2.09. The van der Waals surface area contributed by atoms with E-state index in [1.807, 2.05) is 37.3 Å². The predicted octanol–water partition coefficient (Wildman–Crippen LogP) is 4.92. The summed E-state index contributed by atoms with van der Waals surface area (Å²) >= 11 is 5.98. The molecular weight excluding hydrogens is 275 g/mol. The summed E-state index contributed by atoms with van der Waals surface area (Å²) in [7, 11) is 1.51. The molecule has 0 aliphatic carbocycles. The lowest BCUT2D eigenvalue weighted by Gasteiger charge is -2.09. The van der Waals surface area contributed by atoms with Gasteiger partial charge in [-0.15, -0.1) is 11.6 Å². The largest absolute Gasteiger partial charge is 0.497 e. The Hall–Kier alpha value is -1.80. The third-order valence-electron chi connectivity index (χ3n) is 3.18. The van der Waals surface area contributed by atoms with Crippen LogP contribution in [0.15, 0.2) is 42.5 Å². The van der Waals surface area contributed by atoms with Crippen molar-refractivity contribution in [1.82, 2.24) is 0 Å². The molecule has 0 heterocycles. The van der Waals surface area contributed by atoms with Gasteiger partial charge in [-0.1, -0.05) is 24.3 Å². The second-order valence-corrected chi connectivity index (χ2v) is 4.77. The van der Waals surface area contributed by atoms with Crippen LogP contribution in [0.2, 0.25) is 0 Å². The van der Waals surface area contributed by atoms with Crippen molar-refractivity contribution in [2.24, 2.45) is 0 Å². The van der Waals surface area contributed by atoms with Gasteiger partial charge in [-0.3, -0.25) is 0 Å². The first-order valence-electron chi connectivity index (χ1n) is 6.31. The van der Waals surface area contributed by atoms with Gasteiger partial charge in [0.05, 0.1) is 7.11 Å². The van der Waals surface area contributed by atoms with Crippen LogP contribution >= 0.6 is 11.6 Å². The van der Waals surface area contributed by atoms with Gasteiger partial charge in [0.2, 0.25) is 0 Å². The second-order valence-electron chi connectivity index (χ2n) is 4.51. The number of halogens is 2. The van der Waals surface area contributed by atoms with Crippen molar-refractivity contribution in [3.8, 4) is 5.75 Å². The standard InChI is InChI=1S/C17H16ClFO/c1-12-5-3-4-6-13(12)9-14(11-18)16-8-7-15(20-2)10-17(16)19/h3-10H,11H2,1-2H3. The van der Waals surface area contributed by atoms with Crippen LogP contribution in [0, 0.1) is 12.7 Å². The fourth-order valence-electron chi connectivity index (χ4n) is 2.01. The Morgan fingerprint density at radius 2 is 2.00 bits per heavy atom. The normalized spacial score (nSPS) is 11.5. The summed E-state index contributed by atoms with van der Waals surface area (Å²) in [6.45, 7) is 2.02. The summed E-state index contributed by atoms with van der Waals surface area (Å²) in [5.74, 6) is 0.415. The van der Waals surface area contributed by atoms with E-state index >= 15 is 0 Å². The molecule has 2 aromatic carbocycles. The Morgan fingerprint density at radius 1 is 1.25 bits per heavy atom.